The minimum absolute atomic E-state index is 0.0941. The normalized spacial score (nSPS) is 21.0. The van der Waals surface area contributed by atoms with Crippen LogP contribution in [0.15, 0.2) is 35.8 Å². The molecule has 0 bridgehead atoms. The van der Waals surface area contributed by atoms with Crippen molar-refractivity contribution in [2.24, 2.45) is 5.92 Å². The Hall–Kier alpha value is -2.61. The Morgan fingerprint density at radius 3 is 2.86 bits per heavy atom. The van der Waals surface area contributed by atoms with Crippen LogP contribution in [0.4, 0.5) is 0 Å². The number of nitrogens with one attached hydrogen (secondary N) is 1. The quantitative estimate of drug-likeness (QED) is 0.770. The van der Waals surface area contributed by atoms with Gasteiger partial charge in [-0.25, -0.2) is 4.98 Å². The van der Waals surface area contributed by atoms with Gasteiger partial charge in [0, 0.05) is 43.8 Å². The van der Waals surface area contributed by atoms with E-state index in [-0.39, 0.29) is 29.6 Å². The van der Waals surface area contributed by atoms with Gasteiger partial charge in [-0.3, -0.25) is 19.6 Å². The molecule has 3 rings (SSSR count). The zero-order valence-electron chi connectivity index (χ0n) is 11.7. The Morgan fingerprint density at radius 2 is 2.18 bits per heavy atom. The molecule has 0 unspecified atom stereocenters. The topological polar surface area (TPSA) is 112 Å². The molecule has 1 saturated heterocycles. The predicted molar refractivity (Wildman–Crippen MR) is 76.0 cm³/mol. The van der Waals surface area contributed by atoms with Crippen LogP contribution < -0.4 is 5.56 Å². The Labute approximate surface area is 125 Å². The van der Waals surface area contributed by atoms with E-state index < -0.39 is 6.10 Å². The number of likely N-dealkylation sites (tertiary alicyclic amines) is 1. The second kappa shape index (κ2) is 6.02. The van der Waals surface area contributed by atoms with Crippen molar-refractivity contribution in [3.8, 4) is 0 Å². The average Bonchev–Trinajstić information content (AvgIpc) is 2.89. The molecule has 1 fully saturated rings. The molecule has 3 heterocycles. The number of rotatable bonds is 3. The highest BCUT2D eigenvalue weighted by molar-refractivity contribution is 5.92. The number of aromatic amines is 1. The minimum Gasteiger partial charge on any atom is -0.391 e. The fourth-order valence-corrected chi connectivity index (χ4v) is 2.55. The third-order valence-corrected chi connectivity index (χ3v) is 3.67. The van der Waals surface area contributed by atoms with Crippen LogP contribution >= 0.6 is 0 Å². The largest absolute Gasteiger partial charge is 0.391 e. The van der Waals surface area contributed by atoms with Crippen LogP contribution in [-0.2, 0) is 6.42 Å². The fourth-order valence-electron chi connectivity index (χ4n) is 2.55. The molecule has 0 spiro atoms. The van der Waals surface area contributed by atoms with Gasteiger partial charge >= 0.3 is 0 Å². The highest BCUT2D eigenvalue weighted by atomic mass is 16.3. The predicted octanol–water partition coefficient (Wildman–Crippen LogP) is -0.765. The Balaban J connectivity index is 1.68. The van der Waals surface area contributed by atoms with E-state index in [1.165, 1.54) is 11.1 Å². The van der Waals surface area contributed by atoms with Gasteiger partial charge in [-0.15, -0.1) is 0 Å². The molecular formula is C14H15N5O3. The van der Waals surface area contributed by atoms with E-state index in [0.29, 0.717) is 13.0 Å². The van der Waals surface area contributed by atoms with E-state index in [2.05, 4.69) is 19.9 Å². The van der Waals surface area contributed by atoms with Gasteiger partial charge in [-0.05, 0) is 6.42 Å². The van der Waals surface area contributed by atoms with Crippen molar-refractivity contribution in [2.45, 2.75) is 12.5 Å². The maximum Gasteiger partial charge on any atom is 0.274 e. The summed E-state index contributed by atoms with van der Waals surface area (Å²) in [6, 6.07) is 0. The Kier molecular flexibility index (Phi) is 3.92. The SMILES string of the molecule is O=C(c1c[nH]c(=O)cn1)N1C[C@@H](Cc2cnccn2)[C@H](O)C1. The van der Waals surface area contributed by atoms with Gasteiger partial charge < -0.3 is 15.0 Å². The van der Waals surface area contributed by atoms with Crippen molar-refractivity contribution < 1.29 is 9.90 Å². The maximum absolute atomic E-state index is 12.3. The average molecular weight is 301 g/mol. The van der Waals surface area contributed by atoms with Crippen LogP contribution in [0.1, 0.15) is 16.2 Å². The molecule has 2 atom stereocenters. The molecule has 0 aromatic carbocycles. The maximum atomic E-state index is 12.3. The summed E-state index contributed by atoms with van der Waals surface area (Å²) < 4.78 is 0. The molecule has 0 aliphatic carbocycles. The minimum atomic E-state index is -0.617. The smallest absolute Gasteiger partial charge is 0.274 e. The van der Waals surface area contributed by atoms with E-state index >= 15 is 0 Å². The lowest BCUT2D eigenvalue weighted by Gasteiger charge is -2.15. The molecule has 114 valence electrons. The second-order valence-electron chi connectivity index (χ2n) is 5.23. The summed E-state index contributed by atoms with van der Waals surface area (Å²) in [5.41, 5.74) is 0.577. The zero-order valence-corrected chi connectivity index (χ0v) is 11.7. The molecular weight excluding hydrogens is 286 g/mol. The number of H-pyrrole nitrogens is 1. The second-order valence-corrected chi connectivity index (χ2v) is 5.23. The first-order valence-corrected chi connectivity index (χ1v) is 6.90. The van der Waals surface area contributed by atoms with E-state index in [0.717, 1.165) is 11.9 Å². The van der Waals surface area contributed by atoms with Gasteiger partial charge in [0.15, 0.2) is 0 Å². The van der Waals surface area contributed by atoms with E-state index in [1.807, 2.05) is 0 Å². The molecule has 0 saturated carbocycles. The van der Waals surface area contributed by atoms with Crippen LogP contribution in [0.3, 0.4) is 0 Å². The van der Waals surface area contributed by atoms with Crippen molar-refractivity contribution in [2.75, 3.05) is 13.1 Å². The first-order chi connectivity index (χ1) is 10.6. The van der Waals surface area contributed by atoms with Crippen molar-refractivity contribution in [3.63, 3.8) is 0 Å². The molecule has 8 heteroatoms. The molecule has 2 N–H and O–H groups in total. The molecule has 22 heavy (non-hydrogen) atoms. The van der Waals surface area contributed by atoms with Crippen molar-refractivity contribution >= 4 is 5.91 Å². The van der Waals surface area contributed by atoms with Crippen molar-refractivity contribution in [1.29, 1.82) is 0 Å². The van der Waals surface area contributed by atoms with E-state index in [4.69, 9.17) is 0 Å². The number of aliphatic hydroxyl groups is 1. The van der Waals surface area contributed by atoms with Crippen molar-refractivity contribution in [1.82, 2.24) is 24.8 Å². The summed E-state index contributed by atoms with van der Waals surface area (Å²) >= 11 is 0. The van der Waals surface area contributed by atoms with Crippen molar-refractivity contribution in [3.05, 3.63) is 52.7 Å². The Bertz CT molecular complexity index is 697. The van der Waals surface area contributed by atoms with Crippen LogP contribution in [-0.4, -0.2) is 55.0 Å². The lowest BCUT2D eigenvalue weighted by molar-refractivity contribution is 0.0758. The molecule has 1 aliphatic heterocycles. The van der Waals surface area contributed by atoms with Crippen LogP contribution in [0, 0.1) is 5.92 Å². The highest BCUT2D eigenvalue weighted by Crippen LogP contribution is 2.21. The molecule has 1 amide bonds. The summed E-state index contributed by atoms with van der Waals surface area (Å²) in [7, 11) is 0. The molecule has 2 aromatic rings. The lowest BCUT2D eigenvalue weighted by Crippen LogP contribution is -2.31. The number of hydrogen-bond donors (Lipinski definition) is 2. The van der Waals surface area contributed by atoms with Gasteiger partial charge in [-0.1, -0.05) is 0 Å². The standard InChI is InChI=1S/C14H15N5O3/c20-12-8-19(14(22)11-5-18-13(21)6-17-11)7-9(12)3-10-4-15-1-2-16-10/h1-2,4-6,9,12,20H,3,7-8H2,(H,18,21)/t9-,12-/m1/s1. The van der Waals surface area contributed by atoms with E-state index in [9.17, 15) is 14.7 Å². The number of β-amino-alcohol motifs (C(OH)–C–C–N with tert-alkyl or cyclic N) is 1. The molecule has 2 aromatic heterocycles. The van der Waals surface area contributed by atoms with Gasteiger partial charge in [0.2, 0.25) is 0 Å². The highest BCUT2D eigenvalue weighted by Gasteiger charge is 2.35. The van der Waals surface area contributed by atoms with Gasteiger partial charge in [0.25, 0.3) is 11.5 Å². The van der Waals surface area contributed by atoms with Gasteiger partial charge in [0.05, 0.1) is 18.0 Å². The molecule has 1 aliphatic rings. The summed E-state index contributed by atoms with van der Waals surface area (Å²) in [5.74, 6) is -0.402. The third kappa shape index (κ3) is 3.01. The fraction of sp³-hybridized carbons (Fsp3) is 0.357. The third-order valence-electron chi connectivity index (χ3n) is 3.67. The summed E-state index contributed by atoms with van der Waals surface area (Å²) in [6.07, 6.45) is 7.13. The summed E-state index contributed by atoms with van der Waals surface area (Å²) in [6.45, 7) is 0.655. The number of hydrogen-bond acceptors (Lipinski definition) is 6. The number of aliphatic hydroxyl groups excluding tert-OH is 1. The van der Waals surface area contributed by atoms with Gasteiger partial charge in [-0.2, -0.15) is 0 Å². The number of aromatic nitrogens is 4. The monoisotopic (exact) mass is 301 g/mol. The van der Waals surface area contributed by atoms with Crippen LogP contribution in [0.2, 0.25) is 0 Å². The number of amides is 1. The van der Waals surface area contributed by atoms with Gasteiger partial charge in [0.1, 0.15) is 5.69 Å². The first kappa shape index (κ1) is 14.3. The first-order valence-electron chi connectivity index (χ1n) is 6.90. The summed E-state index contributed by atoms with van der Waals surface area (Å²) in [4.78, 5) is 39.2. The lowest BCUT2D eigenvalue weighted by atomic mass is 10.0. The number of carbonyl (C=O) groups excluding carboxylic acids is 1. The zero-order chi connectivity index (χ0) is 15.5. The number of nitrogens with zero attached hydrogens (tertiary/aromatic N) is 4. The summed E-state index contributed by atoms with van der Waals surface area (Å²) in [5, 5.41) is 10.1. The van der Waals surface area contributed by atoms with Crippen LogP contribution in [0.5, 0.6) is 0 Å². The molecule has 8 nitrogen and oxygen atoms in total. The molecule has 0 radical (unpaired) electrons. The van der Waals surface area contributed by atoms with Crippen LogP contribution in [0.25, 0.3) is 0 Å². The van der Waals surface area contributed by atoms with E-state index in [1.54, 1.807) is 18.6 Å². The number of carbonyl (C=O) groups is 1. The Morgan fingerprint density at radius 1 is 1.32 bits per heavy atom.